The van der Waals surface area contributed by atoms with Crippen LogP contribution in [-0.2, 0) is 11.2 Å². The van der Waals surface area contributed by atoms with Crippen molar-refractivity contribution >= 4 is 17.4 Å². The second-order valence-corrected chi connectivity index (χ2v) is 5.51. The molecule has 2 heterocycles. The largest absolute Gasteiger partial charge is 0.465 e. The summed E-state index contributed by atoms with van der Waals surface area (Å²) in [7, 11) is 0. The first-order chi connectivity index (χ1) is 8.00. The molecule has 2 rings (SSSR count). The van der Waals surface area contributed by atoms with E-state index in [0.29, 0.717) is 6.61 Å². The quantitative estimate of drug-likeness (QED) is 0.903. The summed E-state index contributed by atoms with van der Waals surface area (Å²) >= 11 is 1.67. The molecule has 1 aromatic heterocycles. The molecule has 0 bridgehead atoms. The lowest BCUT2D eigenvalue weighted by Crippen LogP contribution is -2.47. The Morgan fingerprint density at radius 3 is 3.06 bits per heavy atom. The molecular weight excluding hydrogens is 238 g/mol. The van der Waals surface area contributed by atoms with Crippen LogP contribution in [0.4, 0.5) is 4.79 Å². The Hall–Kier alpha value is -1.07. The topological polar surface area (TPSA) is 49.8 Å². The highest BCUT2D eigenvalue weighted by atomic mass is 32.1. The SMILES string of the molecule is CC1(C)OC[C@@H](CCc2ccsc2)N1C(=O)O. The molecule has 17 heavy (non-hydrogen) atoms. The van der Waals surface area contributed by atoms with E-state index in [2.05, 4.69) is 11.4 Å². The fourth-order valence-corrected chi connectivity index (χ4v) is 2.95. The lowest BCUT2D eigenvalue weighted by atomic mass is 10.1. The first-order valence-electron chi connectivity index (χ1n) is 5.68. The number of aryl methyl sites for hydroxylation is 1. The number of thiophene rings is 1. The highest BCUT2D eigenvalue weighted by molar-refractivity contribution is 7.07. The molecule has 1 aliphatic heterocycles. The monoisotopic (exact) mass is 255 g/mol. The highest BCUT2D eigenvalue weighted by Gasteiger charge is 2.43. The van der Waals surface area contributed by atoms with Crippen LogP contribution in [0, 0.1) is 0 Å². The molecule has 5 heteroatoms. The van der Waals surface area contributed by atoms with Crippen LogP contribution in [0.2, 0.25) is 0 Å². The predicted octanol–water partition coefficient (Wildman–Crippen LogP) is 2.80. The fraction of sp³-hybridized carbons (Fsp3) is 0.583. The van der Waals surface area contributed by atoms with Gasteiger partial charge < -0.3 is 9.84 Å². The second kappa shape index (κ2) is 4.66. The minimum absolute atomic E-state index is 0.0394. The number of hydrogen-bond acceptors (Lipinski definition) is 3. The fourth-order valence-electron chi connectivity index (χ4n) is 2.25. The zero-order valence-corrected chi connectivity index (χ0v) is 10.9. The Bertz CT molecular complexity index is 388. The predicted molar refractivity (Wildman–Crippen MR) is 66.3 cm³/mol. The van der Waals surface area contributed by atoms with Crippen molar-refractivity contribution in [1.82, 2.24) is 4.90 Å². The van der Waals surface area contributed by atoms with Gasteiger partial charge in [-0.1, -0.05) is 0 Å². The van der Waals surface area contributed by atoms with Crippen LogP contribution < -0.4 is 0 Å². The Balaban J connectivity index is 1.99. The van der Waals surface area contributed by atoms with Crippen molar-refractivity contribution in [3.05, 3.63) is 22.4 Å². The molecule has 4 nitrogen and oxygen atoms in total. The van der Waals surface area contributed by atoms with E-state index in [0.717, 1.165) is 12.8 Å². The zero-order chi connectivity index (χ0) is 12.5. The van der Waals surface area contributed by atoms with E-state index >= 15 is 0 Å². The molecule has 0 unspecified atom stereocenters. The van der Waals surface area contributed by atoms with Crippen LogP contribution in [0.5, 0.6) is 0 Å². The standard InChI is InChI=1S/C12H17NO3S/c1-12(2)13(11(14)15)10(7-16-12)4-3-9-5-6-17-8-9/h5-6,8,10H,3-4,7H2,1-2H3,(H,14,15)/t10-/m1/s1. The maximum absolute atomic E-state index is 11.2. The summed E-state index contributed by atoms with van der Waals surface area (Å²) in [6, 6.07) is 2.04. The maximum atomic E-state index is 11.2. The molecule has 0 aliphatic carbocycles. The molecular formula is C12H17NO3S. The van der Waals surface area contributed by atoms with Crippen molar-refractivity contribution in [3.8, 4) is 0 Å². The second-order valence-electron chi connectivity index (χ2n) is 4.73. The number of rotatable bonds is 3. The number of ether oxygens (including phenoxy) is 1. The van der Waals surface area contributed by atoms with Gasteiger partial charge >= 0.3 is 6.09 Å². The molecule has 1 aliphatic rings. The van der Waals surface area contributed by atoms with Crippen LogP contribution >= 0.6 is 11.3 Å². The summed E-state index contributed by atoms with van der Waals surface area (Å²) in [5.74, 6) is 0. The van der Waals surface area contributed by atoms with Crippen molar-refractivity contribution in [2.24, 2.45) is 0 Å². The van der Waals surface area contributed by atoms with E-state index in [1.54, 1.807) is 25.2 Å². The minimum Gasteiger partial charge on any atom is -0.465 e. The van der Waals surface area contributed by atoms with Crippen LogP contribution in [0.15, 0.2) is 16.8 Å². The highest BCUT2D eigenvalue weighted by Crippen LogP contribution is 2.29. The van der Waals surface area contributed by atoms with Crippen molar-refractivity contribution in [3.63, 3.8) is 0 Å². The molecule has 1 atom stereocenters. The van der Waals surface area contributed by atoms with Gasteiger partial charge in [-0.2, -0.15) is 11.3 Å². The number of nitrogens with zero attached hydrogens (tertiary/aromatic N) is 1. The molecule has 1 aromatic rings. The molecule has 1 amide bonds. The third-order valence-electron chi connectivity index (χ3n) is 3.13. The zero-order valence-electron chi connectivity index (χ0n) is 10.0. The van der Waals surface area contributed by atoms with E-state index in [1.807, 2.05) is 5.38 Å². The number of carboxylic acid groups (broad SMARTS) is 1. The Labute approximate surface area is 105 Å². The molecule has 0 aromatic carbocycles. The van der Waals surface area contributed by atoms with Gasteiger partial charge in [0.2, 0.25) is 0 Å². The summed E-state index contributed by atoms with van der Waals surface area (Å²) in [6.07, 6.45) is 0.812. The maximum Gasteiger partial charge on any atom is 0.409 e. The summed E-state index contributed by atoms with van der Waals surface area (Å²) in [4.78, 5) is 12.7. The van der Waals surface area contributed by atoms with Gasteiger partial charge in [-0.25, -0.2) is 4.79 Å². The molecule has 1 saturated heterocycles. The van der Waals surface area contributed by atoms with E-state index in [1.165, 1.54) is 10.5 Å². The third kappa shape index (κ3) is 2.61. The van der Waals surface area contributed by atoms with Crippen LogP contribution in [0.25, 0.3) is 0 Å². The van der Waals surface area contributed by atoms with Crippen LogP contribution in [0.1, 0.15) is 25.8 Å². The van der Waals surface area contributed by atoms with Crippen molar-refractivity contribution in [2.75, 3.05) is 6.61 Å². The molecule has 0 radical (unpaired) electrons. The Morgan fingerprint density at radius 1 is 1.71 bits per heavy atom. The number of amides is 1. The smallest absolute Gasteiger partial charge is 0.409 e. The summed E-state index contributed by atoms with van der Waals surface area (Å²) in [6.45, 7) is 4.08. The van der Waals surface area contributed by atoms with Gasteiger partial charge in [-0.05, 0) is 49.1 Å². The lowest BCUT2D eigenvalue weighted by Gasteiger charge is -2.30. The van der Waals surface area contributed by atoms with E-state index in [9.17, 15) is 9.90 Å². The van der Waals surface area contributed by atoms with Crippen molar-refractivity contribution in [2.45, 2.75) is 38.5 Å². The van der Waals surface area contributed by atoms with Crippen LogP contribution in [0.3, 0.4) is 0 Å². The average molecular weight is 255 g/mol. The van der Waals surface area contributed by atoms with Gasteiger partial charge in [-0.15, -0.1) is 0 Å². The first kappa shape index (κ1) is 12.4. The average Bonchev–Trinajstić information content (AvgIpc) is 2.81. The van der Waals surface area contributed by atoms with Gasteiger partial charge in [0.05, 0.1) is 12.6 Å². The molecule has 1 fully saturated rings. The van der Waals surface area contributed by atoms with Crippen molar-refractivity contribution < 1.29 is 14.6 Å². The Morgan fingerprint density at radius 2 is 2.47 bits per heavy atom. The van der Waals surface area contributed by atoms with E-state index in [-0.39, 0.29) is 6.04 Å². The van der Waals surface area contributed by atoms with Gasteiger partial charge in [0.25, 0.3) is 0 Å². The molecule has 0 saturated carbocycles. The van der Waals surface area contributed by atoms with E-state index < -0.39 is 11.8 Å². The number of hydrogen-bond donors (Lipinski definition) is 1. The van der Waals surface area contributed by atoms with E-state index in [4.69, 9.17) is 4.74 Å². The van der Waals surface area contributed by atoms with Crippen molar-refractivity contribution in [1.29, 1.82) is 0 Å². The first-order valence-corrected chi connectivity index (χ1v) is 6.62. The van der Waals surface area contributed by atoms with Crippen LogP contribution in [-0.4, -0.2) is 34.5 Å². The molecule has 1 N–H and O–H groups in total. The van der Waals surface area contributed by atoms with Gasteiger partial charge in [0.15, 0.2) is 0 Å². The summed E-state index contributed by atoms with van der Waals surface area (Å²) in [5, 5.41) is 13.4. The molecule has 94 valence electrons. The summed E-state index contributed by atoms with van der Waals surface area (Å²) < 4.78 is 5.54. The van der Waals surface area contributed by atoms with Gasteiger partial charge in [0.1, 0.15) is 5.72 Å². The summed E-state index contributed by atoms with van der Waals surface area (Å²) in [5.41, 5.74) is 0.565. The minimum atomic E-state index is -0.900. The third-order valence-corrected chi connectivity index (χ3v) is 3.86. The van der Waals surface area contributed by atoms with Gasteiger partial charge in [-0.3, -0.25) is 4.90 Å². The van der Waals surface area contributed by atoms with Gasteiger partial charge in [0, 0.05) is 0 Å². The number of carbonyl (C=O) groups is 1. The normalized spacial score (nSPS) is 22.9. The Kier molecular flexibility index (Phi) is 3.40. The molecule has 0 spiro atoms. The lowest BCUT2D eigenvalue weighted by molar-refractivity contribution is -0.0421.